The lowest BCUT2D eigenvalue weighted by Gasteiger charge is -2.15. The molecule has 0 aliphatic carbocycles. The summed E-state index contributed by atoms with van der Waals surface area (Å²) in [6, 6.07) is 14.5. The Morgan fingerprint density at radius 3 is 2.48 bits per heavy atom. The van der Waals surface area contributed by atoms with Crippen LogP contribution >= 0.6 is 0 Å². The summed E-state index contributed by atoms with van der Waals surface area (Å²) < 4.78 is 10.8. The van der Waals surface area contributed by atoms with Gasteiger partial charge < -0.3 is 19.7 Å². The van der Waals surface area contributed by atoms with Crippen molar-refractivity contribution in [2.75, 3.05) is 32.6 Å². The van der Waals surface area contributed by atoms with Gasteiger partial charge in [0.1, 0.15) is 11.5 Å². The quantitative estimate of drug-likeness (QED) is 0.654. The van der Waals surface area contributed by atoms with Crippen molar-refractivity contribution in [1.29, 1.82) is 0 Å². The van der Waals surface area contributed by atoms with Crippen LogP contribution in [-0.2, 0) is 9.59 Å². The van der Waals surface area contributed by atoms with E-state index >= 15 is 0 Å². The fraction of sp³-hybridized carbons (Fsp3) is 0.304. The zero-order chi connectivity index (χ0) is 21.2. The Kier molecular flexibility index (Phi) is 8.27. The van der Waals surface area contributed by atoms with Gasteiger partial charge >= 0.3 is 0 Å². The smallest absolute Gasteiger partial charge is 0.246 e. The first-order valence-electron chi connectivity index (χ1n) is 9.47. The van der Waals surface area contributed by atoms with Gasteiger partial charge in [-0.25, -0.2) is 0 Å². The summed E-state index contributed by atoms with van der Waals surface area (Å²) >= 11 is 0. The molecule has 29 heavy (non-hydrogen) atoms. The predicted octanol–water partition coefficient (Wildman–Crippen LogP) is 3.84. The molecule has 6 nitrogen and oxygen atoms in total. The van der Waals surface area contributed by atoms with E-state index in [0.29, 0.717) is 24.0 Å². The van der Waals surface area contributed by atoms with Gasteiger partial charge in [-0.2, -0.15) is 0 Å². The van der Waals surface area contributed by atoms with Crippen LogP contribution in [0.3, 0.4) is 0 Å². The van der Waals surface area contributed by atoms with Crippen LogP contribution in [0, 0.1) is 5.92 Å². The molecule has 0 heterocycles. The zero-order valence-corrected chi connectivity index (χ0v) is 17.3. The van der Waals surface area contributed by atoms with Crippen molar-refractivity contribution in [3.8, 4) is 11.5 Å². The van der Waals surface area contributed by atoms with Gasteiger partial charge in [0, 0.05) is 18.8 Å². The Labute approximate surface area is 172 Å². The third-order valence-corrected chi connectivity index (χ3v) is 3.99. The molecule has 0 aliphatic rings. The number of carbonyl (C=O) groups is 2. The second kappa shape index (κ2) is 10.9. The van der Waals surface area contributed by atoms with Crippen molar-refractivity contribution >= 4 is 23.6 Å². The maximum atomic E-state index is 12.2. The maximum Gasteiger partial charge on any atom is 0.246 e. The number of nitrogens with one attached hydrogen (secondary N) is 1. The van der Waals surface area contributed by atoms with Crippen LogP contribution in [0.4, 0.5) is 5.69 Å². The molecule has 0 atom stereocenters. The van der Waals surface area contributed by atoms with Crippen LogP contribution in [0.1, 0.15) is 19.4 Å². The van der Waals surface area contributed by atoms with Crippen LogP contribution in [0.25, 0.3) is 6.08 Å². The summed E-state index contributed by atoms with van der Waals surface area (Å²) in [6.45, 7) is 4.76. The summed E-state index contributed by atoms with van der Waals surface area (Å²) in [6.07, 6.45) is 3.12. The number of nitrogens with zero attached hydrogens (tertiary/aromatic N) is 1. The van der Waals surface area contributed by atoms with Gasteiger partial charge in [-0.05, 0) is 54.0 Å². The lowest BCUT2D eigenvalue weighted by atomic mass is 10.2. The Bertz CT molecular complexity index is 844. The van der Waals surface area contributed by atoms with Crippen LogP contribution in [0.5, 0.6) is 11.5 Å². The van der Waals surface area contributed by atoms with Crippen molar-refractivity contribution in [3.63, 3.8) is 0 Å². The van der Waals surface area contributed by atoms with E-state index in [2.05, 4.69) is 19.2 Å². The van der Waals surface area contributed by atoms with Crippen LogP contribution in [0.2, 0.25) is 0 Å². The van der Waals surface area contributed by atoms with E-state index < -0.39 is 0 Å². The lowest BCUT2D eigenvalue weighted by Crippen LogP contribution is -2.33. The third kappa shape index (κ3) is 7.70. The molecule has 0 saturated carbocycles. The number of benzene rings is 2. The first kappa shape index (κ1) is 22.0. The Morgan fingerprint density at radius 1 is 1.10 bits per heavy atom. The molecular formula is C23H28N2O4. The van der Waals surface area contributed by atoms with Gasteiger partial charge in [-0.15, -0.1) is 0 Å². The number of rotatable bonds is 9. The Morgan fingerprint density at radius 2 is 1.83 bits per heavy atom. The molecule has 2 aromatic carbocycles. The summed E-state index contributed by atoms with van der Waals surface area (Å²) in [5.41, 5.74) is 1.50. The number of carbonyl (C=O) groups excluding carboxylic acids is 2. The number of amides is 2. The molecule has 2 aromatic rings. The number of ether oxygens (including phenoxy) is 2. The zero-order valence-electron chi connectivity index (χ0n) is 17.3. The summed E-state index contributed by atoms with van der Waals surface area (Å²) in [5.74, 6) is 1.38. The first-order valence-corrected chi connectivity index (χ1v) is 9.47. The minimum absolute atomic E-state index is 0.0487. The average Bonchev–Trinajstić information content (AvgIpc) is 2.71. The van der Waals surface area contributed by atoms with Gasteiger partial charge in [-0.3, -0.25) is 9.59 Å². The number of likely N-dealkylation sites (N-methyl/N-ethyl adjacent to an activating group) is 1. The normalized spacial score (nSPS) is 10.8. The van der Waals surface area contributed by atoms with Crippen LogP contribution in [-0.4, -0.2) is 44.0 Å². The topological polar surface area (TPSA) is 67.9 Å². The largest absolute Gasteiger partial charge is 0.497 e. The van der Waals surface area contributed by atoms with E-state index in [4.69, 9.17) is 9.47 Å². The lowest BCUT2D eigenvalue weighted by molar-refractivity contribution is -0.129. The highest BCUT2D eigenvalue weighted by Gasteiger charge is 2.11. The molecule has 2 rings (SSSR count). The molecule has 154 valence electrons. The first-order chi connectivity index (χ1) is 13.9. The second-order valence-corrected chi connectivity index (χ2v) is 7.08. The standard InChI is InChI=1S/C23H28N2O4/c1-17(2)16-29-20-11-9-19(10-12-20)24-22(26)15-25(3)23(27)13-8-18-6-5-7-21(14-18)28-4/h5-14,17H,15-16H2,1-4H3,(H,24,26)/b13-8+. The fourth-order valence-corrected chi connectivity index (χ4v) is 2.43. The third-order valence-electron chi connectivity index (χ3n) is 3.99. The predicted molar refractivity (Wildman–Crippen MR) is 115 cm³/mol. The monoisotopic (exact) mass is 396 g/mol. The maximum absolute atomic E-state index is 12.2. The molecule has 0 radical (unpaired) electrons. The summed E-state index contributed by atoms with van der Waals surface area (Å²) in [4.78, 5) is 25.8. The summed E-state index contributed by atoms with van der Waals surface area (Å²) in [7, 11) is 3.17. The molecule has 2 amide bonds. The highest BCUT2D eigenvalue weighted by Crippen LogP contribution is 2.16. The molecule has 1 N–H and O–H groups in total. The number of hydrogen-bond donors (Lipinski definition) is 1. The van der Waals surface area contributed by atoms with Gasteiger partial charge in [0.2, 0.25) is 11.8 Å². The molecule has 0 unspecified atom stereocenters. The molecule has 0 aromatic heterocycles. The number of anilines is 1. The van der Waals surface area contributed by atoms with E-state index in [0.717, 1.165) is 11.3 Å². The fourth-order valence-electron chi connectivity index (χ4n) is 2.43. The SMILES string of the molecule is COc1cccc(/C=C/C(=O)N(C)CC(=O)Nc2ccc(OCC(C)C)cc2)c1. The Hall–Kier alpha value is -3.28. The molecule has 6 heteroatoms. The van der Waals surface area contributed by atoms with E-state index in [1.807, 2.05) is 36.4 Å². The van der Waals surface area contributed by atoms with Crippen molar-refractivity contribution in [2.45, 2.75) is 13.8 Å². The van der Waals surface area contributed by atoms with E-state index in [1.54, 1.807) is 32.4 Å². The van der Waals surface area contributed by atoms with Crippen molar-refractivity contribution in [2.24, 2.45) is 5.92 Å². The molecule has 0 spiro atoms. The highest BCUT2D eigenvalue weighted by molar-refractivity contribution is 5.97. The van der Waals surface area contributed by atoms with E-state index in [-0.39, 0.29) is 18.4 Å². The van der Waals surface area contributed by atoms with E-state index in [9.17, 15) is 9.59 Å². The Balaban J connectivity index is 1.84. The van der Waals surface area contributed by atoms with Crippen molar-refractivity contribution < 1.29 is 19.1 Å². The van der Waals surface area contributed by atoms with Crippen molar-refractivity contribution in [3.05, 3.63) is 60.2 Å². The average molecular weight is 396 g/mol. The molecule has 0 saturated heterocycles. The minimum atomic E-state index is -0.272. The highest BCUT2D eigenvalue weighted by atomic mass is 16.5. The van der Waals surface area contributed by atoms with Crippen molar-refractivity contribution in [1.82, 2.24) is 4.90 Å². The van der Waals surface area contributed by atoms with Gasteiger partial charge in [0.05, 0.1) is 20.3 Å². The van der Waals surface area contributed by atoms with E-state index in [1.165, 1.54) is 11.0 Å². The van der Waals surface area contributed by atoms with Gasteiger partial charge in [0.15, 0.2) is 0 Å². The van der Waals surface area contributed by atoms with Crippen LogP contribution < -0.4 is 14.8 Å². The van der Waals surface area contributed by atoms with Crippen LogP contribution in [0.15, 0.2) is 54.6 Å². The molecular weight excluding hydrogens is 368 g/mol. The number of methoxy groups -OCH3 is 1. The molecule has 0 fully saturated rings. The summed E-state index contributed by atoms with van der Waals surface area (Å²) in [5, 5.41) is 2.78. The van der Waals surface area contributed by atoms with Gasteiger partial charge in [0.25, 0.3) is 0 Å². The van der Waals surface area contributed by atoms with Gasteiger partial charge in [-0.1, -0.05) is 26.0 Å². The minimum Gasteiger partial charge on any atom is -0.497 e. The second-order valence-electron chi connectivity index (χ2n) is 7.08. The molecule has 0 bridgehead atoms. The molecule has 0 aliphatic heterocycles. The number of hydrogen-bond acceptors (Lipinski definition) is 4.